The van der Waals surface area contributed by atoms with Crippen LogP contribution in [0.25, 0.3) is 0 Å². The molecule has 0 bridgehead atoms. The average molecular weight is 351 g/mol. The van der Waals surface area contributed by atoms with E-state index in [0.717, 1.165) is 0 Å². The first-order valence-electron chi connectivity index (χ1n) is 5.72. The predicted octanol–water partition coefficient (Wildman–Crippen LogP) is 1.45. The standard InChI is InChI=1S/C11H15BrN2O4S/c1-17-9-2-3-10(12)11(8-9)13-19(15,16)14-4-6-18-7-5-14/h2-3,8,13H,4-7H2,1H3. The number of hydrogen-bond donors (Lipinski definition) is 1. The van der Waals surface area contributed by atoms with E-state index in [1.807, 2.05) is 0 Å². The van der Waals surface area contributed by atoms with Crippen LogP contribution in [0.2, 0.25) is 0 Å². The summed E-state index contributed by atoms with van der Waals surface area (Å²) in [5.41, 5.74) is 0.450. The molecular weight excluding hydrogens is 336 g/mol. The van der Waals surface area contributed by atoms with E-state index in [0.29, 0.717) is 42.2 Å². The van der Waals surface area contributed by atoms with E-state index in [1.54, 1.807) is 18.2 Å². The minimum absolute atomic E-state index is 0.358. The highest BCUT2D eigenvalue weighted by molar-refractivity contribution is 9.10. The highest BCUT2D eigenvalue weighted by Gasteiger charge is 2.24. The van der Waals surface area contributed by atoms with Gasteiger partial charge in [-0.1, -0.05) is 0 Å². The van der Waals surface area contributed by atoms with Gasteiger partial charge < -0.3 is 9.47 Å². The second-order valence-electron chi connectivity index (χ2n) is 3.96. The molecule has 0 radical (unpaired) electrons. The van der Waals surface area contributed by atoms with Crippen LogP contribution in [0.1, 0.15) is 0 Å². The van der Waals surface area contributed by atoms with Gasteiger partial charge in [0.2, 0.25) is 0 Å². The predicted molar refractivity (Wildman–Crippen MR) is 75.6 cm³/mol. The second-order valence-corrected chi connectivity index (χ2v) is 6.49. The Kier molecular flexibility index (Phi) is 4.67. The number of methoxy groups -OCH3 is 1. The summed E-state index contributed by atoms with van der Waals surface area (Å²) in [5.74, 6) is 0.586. The Balaban J connectivity index is 2.19. The Labute approximate surface area is 121 Å². The lowest BCUT2D eigenvalue weighted by molar-refractivity contribution is 0.0733. The maximum Gasteiger partial charge on any atom is 0.301 e. The largest absolute Gasteiger partial charge is 0.497 e. The lowest BCUT2D eigenvalue weighted by Gasteiger charge is -2.26. The van der Waals surface area contributed by atoms with Crippen molar-refractivity contribution in [1.29, 1.82) is 0 Å². The van der Waals surface area contributed by atoms with Crippen molar-refractivity contribution >= 4 is 31.8 Å². The molecule has 1 aromatic carbocycles. The Bertz CT molecular complexity index is 544. The molecule has 0 unspecified atom stereocenters. The molecule has 1 aliphatic heterocycles. The highest BCUT2D eigenvalue weighted by atomic mass is 79.9. The van der Waals surface area contributed by atoms with E-state index >= 15 is 0 Å². The topological polar surface area (TPSA) is 67.9 Å². The summed E-state index contributed by atoms with van der Waals surface area (Å²) in [6, 6.07) is 5.11. The highest BCUT2D eigenvalue weighted by Crippen LogP contribution is 2.28. The average Bonchev–Trinajstić information content (AvgIpc) is 2.42. The van der Waals surface area contributed by atoms with E-state index in [9.17, 15) is 8.42 Å². The monoisotopic (exact) mass is 350 g/mol. The van der Waals surface area contributed by atoms with Gasteiger partial charge in [-0.25, -0.2) is 0 Å². The van der Waals surface area contributed by atoms with Crippen LogP contribution >= 0.6 is 15.9 Å². The lowest BCUT2D eigenvalue weighted by atomic mass is 10.3. The third-order valence-corrected chi connectivity index (χ3v) is 4.94. The van der Waals surface area contributed by atoms with E-state index in [4.69, 9.17) is 9.47 Å². The summed E-state index contributed by atoms with van der Waals surface area (Å²) in [7, 11) is -2.03. The van der Waals surface area contributed by atoms with Gasteiger partial charge >= 0.3 is 10.2 Å². The Morgan fingerprint density at radius 2 is 2.05 bits per heavy atom. The van der Waals surface area contributed by atoms with E-state index in [2.05, 4.69) is 20.7 Å². The van der Waals surface area contributed by atoms with Crippen LogP contribution in [0.5, 0.6) is 5.75 Å². The number of anilines is 1. The molecule has 0 spiro atoms. The fourth-order valence-electron chi connectivity index (χ4n) is 1.70. The van der Waals surface area contributed by atoms with Crippen LogP contribution in [0.4, 0.5) is 5.69 Å². The zero-order valence-corrected chi connectivity index (χ0v) is 12.8. The van der Waals surface area contributed by atoms with Crippen LogP contribution in [0.15, 0.2) is 22.7 Å². The molecule has 0 aromatic heterocycles. The molecule has 0 atom stereocenters. The van der Waals surface area contributed by atoms with Crippen LogP contribution < -0.4 is 9.46 Å². The summed E-state index contributed by atoms with van der Waals surface area (Å²) in [6.45, 7) is 1.55. The van der Waals surface area contributed by atoms with Crippen molar-refractivity contribution in [3.8, 4) is 5.75 Å². The SMILES string of the molecule is COc1ccc(Br)c(NS(=O)(=O)N2CCOCC2)c1. The fraction of sp³-hybridized carbons (Fsp3) is 0.455. The Hall–Kier alpha value is -0.830. The van der Waals surface area contributed by atoms with Gasteiger partial charge in [-0.15, -0.1) is 0 Å². The van der Waals surface area contributed by atoms with E-state index in [-0.39, 0.29) is 0 Å². The van der Waals surface area contributed by atoms with E-state index in [1.165, 1.54) is 11.4 Å². The maximum atomic E-state index is 12.2. The first-order valence-corrected chi connectivity index (χ1v) is 7.95. The number of halogens is 1. The molecule has 0 amide bonds. The number of rotatable bonds is 4. The van der Waals surface area contributed by atoms with Gasteiger partial charge in [-0.3, -0.25) is 4.72 Å². The summed E-state index contributed by atoms with van der Waals surface area (Å²) in [5, 5.41) is 0. The first kappa shape index (κ1) is 14.6. The van der Waals surface area contributed by atoms with Gasteiger partial charge in [-0.2, -0.15) is 12.7 Å². The molecule has 106 valence electrons. The molecule has 0 saturated carbocycles. The Morgan fingerprint density at radius 3 is 2.68 bits per heavy atom. The van der Waals surface area contributed by atoms with Crippen molar-refractivity contribution in [2.75, 3.05) is 38.1 Å². The van der Waals surface area contributed by atoms with Gasteiger partial charge in [0.25, 0.3) is 0 Å². The quantitative estimate of drug-likeness (QED) is 0.892. The van der Waals surface area contributed by atoms with E-state index < -0.39 is 10.2 Å². The molecule has 1 N–H and O–H groups in total. The van der Waals surface area contributed by atoms with Crippen LogP contribution in [0.3, 0.4) is 0 Å². The fourth-order valence-corrected chi connectivity index (χ4v) is 3.38. The zero-order valence-electron chi connectivity index (χ0n) is 10.4. The molecule has 1 heterocycles. The third kappa shape index (κ3) is 3.59. The third-order valence-electron chi connectivity index (χ3n) is 2.72. The van der Waals surface area contributed by atoms with Crippen LogP contribution in [-0.4, -0.2) is 46.1 Å². The van der Waals surface area contributed by atoms with Crippen LogP contribution in [-0.2, 0) is 14.9 Å². The number of hydrogen-bond acceptors (Lipinski definition) is 4. The molecule has 6 nitrogen and oxygen atoms in total. The lowest BCUT2D eigenvalue weighted by Crippen LogP contribution is -2.43. The number of morpholine rings is 1. The molecule has 1 aliphatic rings. The number of nitrogens with zero attached hydrogens (tertiary/aromatic N) is 1. The molecular formula is C11H15BrN2O4S. The minimum Gasteiger partial charge on any atom is -0.497 e. The molecule has 1 fully saturated rings. The summed E-state index contributed by atoms with van der Waals surface area (Å²) in [6.07, 6.45) is 0. The van der Waals surface area contributed by atoms with Gasteiger partial charge in [0.05, 0.1) is 26.0 Å². The number of nitrogens with one attached hydrogen (secondary N) is 1. The van der Waals surface area contributed by atoms with Crippen LogP contribution in [0, 0.1) is 0 Å². The van der Waals surface area contributed by atoms with Crippen molar-refractivity contribution < 1.29 is 17.9 Å². The molecule has 1 aromatic rings. The molecule has 19 heavy (non-hydrogen) atoms. The van der Waals surface area contributed by atoms with Crippen molar-refractivity contribution in [3.63, 3.8) is 0 Å². The summed E-state index contributed by atoms with van der Waals surface area (Å²) in [4.78, 5) is 0. The molecule has 0 aliphatic carbocycles. The zero-order chi connectivity index (χ0) is 13.9. The normalized spacial score (nSPS) is 17.2. The van der Waals surface area contributed by atoms with Crippen molar-refractivity contribution in [1.82, 2.24) is 4.31 Å². The second kappa shape index (κ2) is 6.08. The smallest absolute Gasteiger partial charge is 0.301 e. The minimum atomic E-state index is -3.57. The maximum absolute atomic E-state index is 12.2. The summed E-state index contributed by atoms with van der Waals surface area (Å²) < 4.78 is 39.2. The van der Waals surface area contributed by atoms with Gasteiger partial charge in [-0.05, 0) is 28.1 Å². The number of ether oxygens (including phenoxy) is 2. The first-order chi connectivity index (χ1) is 9.03. The molecule has 8 heteroatoms. The van der Waals surface area contributed by atoms with Gasteiger partial charge in [0.15, 0.2) is 0 Å². The van der Waals surface area contributed by atoms with Gasteiger partial charge in [0, 0.05) is 23.6 Å². The van der Waals surface area contributed by atoms with Crippen molar-refractivity contribution in [3.05, 3.63) is 22.7 Å². The number of benzene rings is 1. The van der Waals surface area contributed by atoms with Gasteiger partial charge in [0.1, 0.15) is 5.75 Å². The molecule has 1 saturated heterocycles. The van der Waals surface area contributed by atoms with Crippen molar-refractivity contribution in [2.24, 2.45) is 0 Å². The molecule has 2 rings (SSSR count). The van der Waals surface area contributed by atoms with Crippen molar-refractivity contribution in [2.45, 2.75) is 0 Å². The Morgan fingerprint density at radius 1 is 1.37 bits per heavy atom. The summed E-state index contributed by atoms with van der Waals surface area (Å²) >= 11 is 3.31.